The van der Waals surface area contributed by atoms with Gasteiger partial charge in [0.25, 0.3) is 5.91 Å². The van der Waals surface area contributed by atoms with Crippen molar-refractivity contribution in [1.82, 2.24) is 15.1 Å². The van der Waals surface area contributed by atoms with Gasteiger partial charge in [-0.25, -0.2) is 4.79 Å². The molecule has 1 fully saturated rings. The number of esters is 1. The Balaban J connectivity index is 1.73. The molecule has 1 aliphatic carbocycles. The maximum Gasteiger partial charge on any atom is 0.358 e. The third kappa shape index (κ3) is 4.31. The fraction of sp³-hybridized carbons (Fsp3) is 0.500. The Labute approximate surface area is 193 Å². The first-order valence-electron chi connectivity index (χ1n) is 11.5. The van der Waals surface area contributed by atoms with E-state index < -0.39 is 17.4 Å². The summed E-state index contributed by atoms with van der Waals surface area (Å²) in [6.45, 7) is 6.18. The van der Waals surface area contributed by atoms with Gasteiger partial charge in [0.1, 0.15) is 17.0 Å². The molecule has 0 spiro atoms. The van der Waals surface area contributed by atoms with Crippen LogP contribution in [0.25, 0.3) is 0 Å². The van der Waals surface area contributed by atoms with E-state index in [1.54, 1.807) is 38.1 Å². The van der Waals surface area contributed by atoms with E-state index in [2.05, 4.69) is 10.4 Å². The van der Waals surface area contributed by atoms with E-state index in [-0.39, 0.29) is 36.5 Å². The Morgan fingerprint density at radius 2 is 1.85 bits per heavy atom. The van der Waals surface area contributed by atoms with E-state index in [1.807, 2.05) is 6.92 Å². The van der Waals surface area contributed by atoms with Crippen LogP contribution in [0.4, 0.5) is 5.69 Å². The van der Waals surface area contributed by atoms with Gasteiger partial charge < -0.3 is 14.8 Å². The van der Waals surface area contributed by atoms with Gasteiger partial charge in [0, 0.05) is 17.8 Å². The topological polar surface area (TPSA) is 103 Å². The lowest BCUT2D eigenvalue weighted by atomic mass is 9.93. The smallest absolute Gasteiger partial charge is 0.358 e. The van der Waals surface area contributed by atoms with Crippen molar-refractivity contribution in [2.75, 3.05) is 18.1 Å². The molecule has 2 heterocycles. The van der Waals surface area contributed by atoms with Crippen LogP contribution in [-0.2, 0) is 16.1 Å². The summed E-state index contributed by atoms with van der Waals surface area (Å²) in [5.41, 5.74) is -0.388. The second-order valence-corrected chi connectivity index (χ2v) is 8.59. The average Bonchev–Trinajstić information content (AvgIpc) is 3.45. The number of ether oxygens (including phenoxy) is 2. The largest absolute Gasteiger partial charge is 0.494 e. The zero-order valence-corrected chi connectivity index (χ0v) is 19.3. The number of aromatic nitrogens is 2. The minimum absolute atomic E-state index is 0.0484. The molecular weight excluding hydrogens is 424 g/mol. The molecule has 33 heavy (non-hydrogen) atoms. The van der Waals surface area contributed by atoms with Gasteiger partial charge in [-0.2, -0.15) is 5.10 Å². The lowest BCUT2D eigenvalue weighted by Gasteiger charge is -2.43. The third-order valence-electron chi connectivity index (χ3n) is 6.22. The van der Waals surface area contributed by atoms with Crippen molar-refractivity contribution in [3.05, 3.63) is 41.7 Å². The van der Waals surface area contributed by atoms with Gasteiger partial charge in [0.05, 0.1) is 19.8 Å². The fourth-order valence-corrected chi connectivity index (χ4v) is 4.56. The standard InChI is InChI=1S/C24H30N4O5/c1-4-32-18-12-10-17(11-13-18)28-21(29)20-14-19(22(30)33-5-2)26-27(20)15-24(28,3)23(31)25-16-8-6-7-9-16/h10-14,16H,4-9,15H2,1-3H3,(H,25,31)/t24-/m0/s1. The monoisotopic (exact) mass is 454 g/mol. The van der Waals surface area contributed by atoms with Crippen LogP contribution in [0.2, 0.25) is 0 Å². The van der Waals surface area contributed by atoms with Crippen LogP contribution < -0.4 is 15.0 Å². The lowest BCUT2D eigenvalue weighted by Crippen LogP contribution is -2.65. The van der Waals surface area contributed by atoms with Crippen LogP contribution in [0.5, 0.6) is 5.75 Å². The first kappa shape index (κ1) is 22.8. The third-order valence-corrected chi connectivity index (χ3v) is 6.22. The van der Waals surface area contributed by atoms with Crippen molar-refractivity contribution in [2.24, 2.45) is 0 Å². The summed E-state index contributed by atoms with van der Waals surface area (Å²) in [7, 11) is 0. The van der Waals surface area contributed by atoms with E-state index in [0.717, 1.165) is 25.7 Å². The highest BCUT2D eigenvalue weighted by atomic mass is 16.5. The number of benzene rings is 1. The molecule has 1 saturated carbocycles. The molecule has 1 aromatic heterocycles. The van der Waals surface area contributed by atoms with Gasteiger partial charge in [-0.3, -0.25) is 19.2 Å². The van der Waals surface area contributed by atoms with Gasteiger partial charge in [-0.15, -0.1) is 0 Å². The molecule has 1 aromatic carbocycles. The van der Waals surface area contributed by atoms with E-state index in [0.29, 0.717) is 18.0 Å². The van der Waals surface area contributed by atoms with Crippen LogP contribution in [0.3, 0.4) is 0 Å². The maximum atomic E-state index is 13.7. The van der Waals surface area contributed by atoms with Crippen molar-refractivity contribution in [3.8, 4) is 5.75 Å². The Kier molecular flexibility index (Phi) is 6.40. The summed E-state index contributed by atoms with van der Waals surface area (Å²) >= 11 is 0. The van der Waals surface area contributed by atoms with Gasteiger partial charge in [0.2, 0.25) is 5.91 Å². The minimum Gasteiger partial charge on any atom is -0.494 e. The Morgan fingerprint density at radius 1 is 1.15 bits per heavy atom. The molecule has 4 rings (SSSR count). The SMILES string of the molecule is CCOC(=O)c1cc2n(n1)C[C@@](C)(C(=O)NC1CCCC1)N(c1ccc(OCC)cc1)C2=O. The minimum atomic E-state index is -1.24. The number of nitrogens with one attached hydrogen (secondary N) is 1. The number of rotatable bonds is 7. The van der Waals surface area contributed by atoms with E-state index >= 15 is 0 Å². The molecule has 1 N–H and O–H groups in total. The lowest BCUT2D eigenvalue weighted by molar-refractivity contribution is -0.127. The molecule has 0 radical (unpaired) electrons. The maximum absolute atomic E-state index is 13.7. The Bertz CT molecular complexity index is 1040. The summed E-state index contributed by atoms with van der Waals surface area (Å²) in [5, 5.41) is 7.42. The molecule has 1 atom stereocenters. The zero-order chi connectivity index (χ0) is 23.6. The average molecular weight is 455 g/mol. The number of hydrogen-bond donors (Lipinski definition) is 1. The number of anilines is 1. The van der Waals surface area contributed by atoms with Gasteiger partial charge >= 0.3 is 5.97 Å². The number of carbonyl (C=O) groups is 3. The van der Waals surface area contributed by atoms with Crippen LogP contribution in [-0.4, -0.2) is 52.4 Å². The molecule has 9 nitrogen and oxygen atoms in total. The van der Waals surface area contributed by atoms with Gasteiger partial charge in [0.15, 0.2) is 5.69 Å². The van der Waals surface area contributed by atoms with Crippen LogP contribution in [0, 0.1) is 0 Å². The second kappa shape index (κ2) is 9.25. The molecule has 2 aromatic rings. The number of carbonyl (C=O) groups excluding carboxylic acids is 3. The normalized spacial score (nSPS) is 20.5. The fourth-order valence-electron chi connectivity index (χ4n) is 4.56. The molecule has 9 heteroatoms. The number of nitrogens with zero attached hydrogens (tertiary/aromatic N) is 3. The zero-order valence-electron chi connectivity index (χ0n) is 19.3. The first-order valence-corrected chi connectivity index (χ1v) is 11.5. The molecule has 0 saturated heterocycles. The highest BCUT2D eigenvalue weighted by Crippen LogP contribution is 2.34. The molecule has 0 bridgehead atoms. The Hall–Kier alpha value is -3.36. The van der Waals surface area contributed by atoms with Crippen LogP contribution in [0.15, 0.2) is 30.3 Å². The van der Waals surface area contributed by atoms with E-state index in [9.17, 15) is 14.4 Å². The Morgan fingerprint density at radius 3 is 2.48 bits per heavy atom. The summed E-state index contributed by atoms with van der Waals surface area (Å²) in [5.74, 6) is -0.567. The highest BCUT2D eigenvalue weighted by Gasteiger charge is 2.49. The first-order chi connectivity index (χ1) is 15.9. The van der Waals surface area contributed by atoms with E-state index in [4.69, 9.17) is 9.47 Å². The summed E-state index contributed by atoms with van der Waals surface area (Å²) in [6, 6.07) is 8.61. The number of hydrogen-bond acceptors (Lipinski definition) is 6. The molecule has 1 aliphatic heterocycles. The van der Waals surface area contributed by atoms with Gasteiger partial charge in [-0.1, -0.05) is 12.8 Å². The van der Waals surface area contributed by atoms with Crippen molar-refractivity contribution in [1.29, 1.82) is 0 Å². The summed E-state index contributed by atoms with van der Waals surface area (Å²) in [4.78, 5) is 41.0. The van der Waals surface area contributed by atoms with E-state index in [1.165, 1.54) is 15.6 Å². The quantitative estimate of drug-likeness (QED) is 0.646. The van der Waals surface area contributed by atoms with Crippen LogP contribution >= 0.6 is 0 Å². The van der Waals surface area contributed by atoms with Crippen molar-refractivity contribution in [3.63, 3.8) is 0 Å². The summed E-state index contributed by atoms with van der Waals surface area (Å²) in [6.07, 6.45) is 4.02. The highest BCUT2D eigenvalue weighted by molar-refractivity contribution is 6.12. The molecule has 0 unspecified atom stereocenters. The van der Waals surface area contributed by atoms with Gasteiger partial charge in [-0.05, 0) is 57.9 Å². The summed E-state index contributed by atoms with van der Waals surface area (Å²) < 4.78 is 12.0. The molecular formula is C24H30N4O5. The number of fused-ring (bicyclic) bond motifs is 1. The predicted molar refractivity (Wildman–Crippen MR) is 121 cm³/mol. The van der Waals surface area contributed by atoms with Crippen molar-refractivity contribution >= 4 is 23.5 Å². The van der Waals surface area contributed by atoms with Crippen molar-refractivity contribution < 1.29 is 23.9 Å². The predicted octanol–water partition coefficient (Wildman–Crippen LogP) is 2.94. The molecule has 2 aliphatic rings. The van der Waals surface area contributed by atoms with Crippen molar-refractivity contribution in [2.45, 2.75) is 64.6 Å². The second-order valence-electron chi connectivity index (χ2n) is 8.59. The molecule has 176 valence electrons. The number of amides is 2. The van der Waals surface area contributed by atoms with Crippen LogP contribution in [0.1, 0.15) is 67.4 Å². The molecule has 2 amide bonds.